The molecule has 1 aromatic rings. The molecule has 0 atom stereocenters. The van der Waals surface area contributed by atoms with E-state index in [1.54, 1.807) is 6.07 Å². The van der Waals surface area contributed by atoms with Crippen LogP contribution in [0.1, 0.15) is 31.9 Å². The van der Waals surface area contributed by atoms with Gasteiger partial charge in [-0.05, 0) is 32.0 Å². The molecule has 0 radical (unpaired) electrons. The minimum absolute atomic E-state index is 0.116. The van der Waals surface area contributed by atoms with Crippen LogP contribution < -0.4 is 5.32 Å². The minimum Gasteiger partial charge on any atom is -0.373 e. The summed E-state index contributed by atoms with van der Waals surface area (Å²) in [7, 11) is 0. The van der Waals surface area contributed by atoms with Gasteiger partial charge < -0.3 is 10.1 Å². The van der Waals surface area contributed by atoms with Crippen molar-refractivity contribution in [2.75, 3.05) is 26.2 Å². The molecule has 0 saturated carbocycles. The van der Waals surface area contributed by atoms with Gasteiger partial charge in [-0.15, -0.1) is 0 Å². The first-order valence-electron chi connectivity index (χ1n) is 7.34. The van der Waals surface area contributed by atoms with Gasteiger partial charge in [0.15, 0.2) is 0 Å². The number of hydrogen-bond acceptors (Lipinski definition) is 3. The monoisotopic (exact) mass is 280 g/mol. The standard InChI is InChI=1S/C16H25FN2O/c1-4-18-10-13-5-6-15(17)14(9-13)11-19-7-8-20-16(2,3)12-19/h5-6,9,18H,4,7-8,10-12H2,1-3H3. The van der Waals surface area contributed by atoms with Crippen LogP contribution in [-0.2, 0) is 17.8 Å². The molecule has 1 aliphatic rings. The third-order valence-electron chi connectivity index (χ3n) is 3.59. The molecule has 0 amide bonds. The Bertz CT molecular complexity index is 448. The van der Waals surface area contributed by atoms with Crippen LogP contribution in [0.25, 0.3) is 0 Å². The Hall–Kier alpha value is -0.970. The van der Waals surface area contributed by atoms with E-state index in [1.165, 1.54) is 0 Å². The Kier molecular flexibility index (Phi) is 5.13. The first-order valence-corrected chi connectivity index (χ1v) is 7.34. The first kappa shape index (κ1) is 15.4. The average molecular weight is 280 g/mol. The van der Waals surface area contributed by atoms with Crippen LogP contribution in [0.2, 0.25) is 0 Å². The number of benzene rings is 1. The summed E-state index contributed by atoms with van der Waals surface area (Å²) < 4.78 is 19.7. The van der Waals surface area contributed by atoms with Gasteiger partial charge in [0.05, 0.1) is 12.2 Å². The summed E-state index contributed by atoms with van der Waals surface area (Å²) in [6.07, 6.45) is 0. The van der Waals surface area contributed by atoms with E-state index in [4.69, 9.17) is 4.74 Å². The molecule has 1 heterocycles. The number of hydrogen-bond donors (Lipinski definition) is 1. The number of morpholine rings is 1. The summed E-state index contributed by atoms with van der Waals surface area (Å²) in [5.41, 5.74) is 1.77. The third kappa shape index (κ3) is 4.27. The Labute approximate surface area is 121 Å². The fraction of sp³-hybridized carbons (Fsp3) is 0.625. The highest BCUT2D eigenvalue weighted by molar-refractivity contribution is 5.25. The summed E-state index contributed by atoms with van der Waals surface area (Å²) in [6, 6.07) is 5.40. The Morgan fingerprint density at radius 2 is 2.20 bits per heavy atom. The van der Waals surface area contributed by atoms with Gasteiger partial charge in [-0.1, -0.05) is 19.1 Å². The number of rotatable bonds is 5. The highest BCUT2D eigenvalue weighted by Crippen LogP contribution is 2.20. The smallest absolute Gasteiger partial charge is 0.127 e. The first-order chi connectivity index (χ1) is 9.50. The molecule has 4 heteroatoms. The van der Waals surface area contributed by atoms with Gasteiger partial charge in [0.2, 0.25) is 0 Å². The fourth-order valence-electron chi connectivity index (χ4n) is 2.62. The van der Waals surface area contributed by atoms with E-state index in [1.807, 2.05) is 12.1 Å². The number of halogens is 1. The van der Waals surface area contributed by atoms with Crippen LogP contribution in [0.5, 0.6) is 0 Å². The molecule has 1 N–H and O–H groups in total. The Morgan fingerprint density at radius 1 is 1.40 bits per heavy atom. The molecule has 20 heavy (non-hydrogen) atoms. The molecule has 112 valence electrons. The maximum atomic E-state index is 14.0. The molecule has 3 nitrogen and oxygen atoms in total. The van der Waals surface area contributed by atoms with E-state index in [-0.39, 0.29) is 11.4 Å². The topological polar surface area (TPSA) is 24.5 Å². The SMILES string of the molecule is CCNCc1ccc(F)c(CN2CCOC(C)(C)C2)c1. The van der Waals surface area contributed by atoms with Crippen LogP contribution in [0, 0.1) is 5.82 Å². The Morgan fingerprint density at radius 3 is 2.90 bits per heavy atom. The fourth-order valence-corrected chi connectivity index (χ4v) is 2.62. The second-order valence-electron chi connectivity index (χ2n) is 6.02. The normalized spacial score (nSPS) is 19.2. The van der Waals surface area contributed by atoms with Gasteiger partial charge >= 0.3 is 0 Å². The average Bonchev–Trinajstić information content (AvgIpc) is 2.38. The van der Waals surface area contributed by atoms with Gasteiger partial charge in [0, 0.05) is 31.7 Å². The van der Waals surface area contributed by atoms with Crippen molar-refractivity contribution in [2.45, 2.75) is 39.5 Å². The zero-order valence-corrected chi connectivity index (χ0v) is 12.7. The van der Waals surface area contributed by atoms with Crippen molar-refractivity contribution in [1.82, 2.24) is 10.2 Å². The van der Waals surface area contributed by atoms with E-state index in [0.717, 1.165) is 37.3 Å². The lowest BCUT2D eigenvalue weighted by molar-refractivity contribution is -0.0884. The molecule has 0 aliphatic carbocycles. The third-order valence-corrected chi connectivity index (χ3v) is 3.59. The van der Waals surface area contributed by atoms with Crippen molar-refractivity contribution in [3.05, 3.63) is 35.1 Å². The van der Waals surface area contributed by atoms with Crippen molar-refractivity contribution in [1.29, 1.82) is 0 Å². The second-order valence-corrected chi connectivity index (χ2v) is 6.02. The van der Waals surface area contributed by atoms with Gasteiger partial charge in [0.25, 0.3) is 0 Å². The van der Waals surface area contributed by atoms with Crippen LogP contribution >= 0.6 is 0 Å². The zero-order valence-electron chi connectivity index (χ0n) is 12.7. The number of nitrogens with one attached hydrogen (secondary N) is 1. The van der Waals surface area contributed by atoms with Crippen LogP contribution in [0.4, 0.5) is 4.39 Å². The summed E-state index contributed by atoms with van der Waals surface area (Å²) in [5, 5.41) is 3.27. The lowest BCUT2D eigenvalue weighted by Crippen LogP contribution is -2.47. The summed E-state index contributed by atoms with van der Waals surface area (Å²) in [4.78, 5) is 2.26. The maximum Gasteiger partial charge on any atom is 0.127 e. The van der Waals surface area contributed by atoms with Crippen LogP contribution in [-0.4, -0.2) is 36.7 Å². The largest absolute Gasteiger partial charge is 0.373 e. The van der Waals surface area contributed by atoms with Crippen LogP contribution in [0.3, 0.4) is 0 Å². The summed E-state index contributed by atoms with van der Waals surface area (Å²) in [5.74, 6) is -0.116. The molecular weight excluding hydrogens is 255 g/mol. The predicted octanol–water partition coefficient (Wildman–Crippen LogP) is 2.55. The lowest BCUT2D eigenvalue weighted by Gasteiger charge is -2.38. The molecule has 2 rings (SSSR count). The molecule has 0 unspecified atom stereocenters. The number of nitrogens with zero attached hydrogens (tertiary/aromatic N) is 1. The summed E-state index contributed by atoms with van der Waals surface area (Å²) >= 11 is 0. The molecule has 1 aliphatic heterocycles. The van der Waals surface area contributed by atoms with Crippen molar-refractivity contribution >= 4 is 0 Å². The number of ether oxygens (including phenoxy) is 1. The second kappa shape index (κ2) is 6.66. The van der Waals surface area contributed by atoms with Crippen molar-refractivity contribution in [3.8, 4) is 0 Å². The maximum absolute atomic E-state index is 14.0. The van der Waals surface area contributed by atoms with E-state index in [9.17, 15) is 4.39 Å². The van der Waals surface area contributed by atoms with E-state index in [0.29, 0.717) is 13.2 Å². The lowest BCUT2D eigenvalue weighted by atomic mass is 10.1. The van der Waals surface area contributed by atoms with Crippen molar-refractivity contribution < 1.29 is 9.13 Å². The quantitative estimate of drug-likeness (QED) is 0.897. The van der Waals surface area contributed by atoms with Gasteiger partial charge in [-0.25, -0.2) is 4.39 Å². The summed E-state index contributed by atoms with van der Waals surface area (Å²) in [6.45, 7) is 11.0. The molecular formula is C16H25FN2O. The molecule has 1 saturated heterocycles. The predicted molar refractivity (Wildman–Crippen MR) is 79.1 cm³/mol. The Balaban J connectivity index is 2.04. The highest BCUT2D eigenvalue weighted by atomic mass is 19.1. The van der Waals surface area contributed by atoms with Gasteiger partial charge in [-0.2, -0.15) is 0 Å². The van der Waals surface area contributed by atoms with E-state index in [2.05, 4.69) is 31.0 Å². The minimum atomic E-state index is -0.143. The highest BCUT2D eigenvalue weighted by Gasteiger charge is 2.27. The van der Waals surface area contributed by atoms with E-state index >= 15 is 0 Å². The molecule has 1 aromatic carbocycles. The zero-order chi connectivity index (χ0) is 14.6. The van der Waals surface area contributed by atoms with Gasteiger partial charge in [0.1, 0.15) is 5.82 Å². The molecule has 0 aromatic heterocycles. The van der Waals surface area contributed by atoms with Crippen molar-refractivity contribution in [2.24, 2.45) is 0 Å². The molecule has 0 bridgehead atoms. The van der Waals surface area contributed by atoms with Gasteiger partial charge in [-0.3, -0.25) is 4.90 Å². The van der Waals surface area contributed by atoms with Crippen LogP contribution in [0.15, 0.2) is 18.2 Å². The van der Waals surface area contributed by atoms with E-state index < -0.39 is 0 Å². The molecule has 1 fully saturated rings. The molecule has 0 spiro atoms. The van der Waals surface area contributed by atoms with Crippen molar-refractivity contribution in [3.63, 3.8) is 0 Å².